The van der Waals surface area contributed by atoms with E-state index in [1.165, 1.54) is 16.7 Å². The molecule has 2 aromatic carbocycles. The van der Waals surface area contributed by atoms with Gasteiger partial charge in [-0.15, -0.1) is 0 Å². The van der Waals surface area contributed by atoms with E-state index in [1.54, 1.807) is 0 Å². The second-order valence-electron chi connectivity index (χ2n) is 6.63. The number of rotatable bonds is 4. The molecule has 0 radical (unpaired) electrons. The molecule has 2 aliphatic heterocycles. The third-order valence-corrected chi connectivity index (χ3v) is 4.82. The van der Waals surface area contributed by atoms with E-state index in [0.717, 1.165) is 51.6 Å². The van der Waals surface area contributed by atoms with Crippen molar-refractivity contribution in [1.82, 2.24) is 10.2 Å². The van der Waals surface area contributed by atoms with Gasteiger partial charge in [0.15, 0.2) is 0 Å². The lowest BCUT2D eigenvalue weighted by atomic mass is 10.1. The molecule has 0 saturated carbocycles. The Morgan fingerprint density at radius 3 is 2.60 bits per heavy atom. The molecule has 2 heterocycles. The molecule has 2 aromatic rings. The summed E-state index contributed by atoms with van der Waals surface area (Å²) in [5.41, 5.74) is 5.29. The first-order valence-corrected chi connectivity index (χ1v) is 8.81. The van der Waals surface area contributed by atoms with Crippen LogP contribution in [0, 0.1) is 0 Å². The first-order chi connectivity index (χ1) is 12.3. The molecule has 0 aliphatic carbocycles. The molecule has 2 N–H and O–H groups in total. The van der Waals surface area contributed by atoms with Gasteiger partial charge in [0, 0.05) is 44.0 Å². The summed E-state index contributed by atoms with van der Waals surface area (Å²) in [6.45, 7) is 6.23. The van der Waals surface area contributed by atoms with Gasteiger partial charge in [-0.2, -0.15) is 0 Å². The minimum Gasteiger partial charge on any atom is -0.379 e. The van der Waals surface area contributed by atoms with E-state index in [4.69, 9.17) is 4.74 Å². The molecule has 1 saturated heterocycles. The number of ether oxygens (including phenoxy) is 1. The van der Waals surface area contributed by atoms with E-state index in [-0.39, 0.29) is 5.91 Å². The summed E-state index contributed by atoms with van der Waals surface area (Å²) >= 11 is 0. The Morgan fingerprint density at radius 1 is 1.04 bits per heavy atom. The van der Waals surface area contributed by atoms with Crippen LogP contribution in [0.1, 0.15) is 27.0 Å². The summed E-state index contributed by atoms with van der Waals surface area (Å²) in [6, 6.07) is 14.0. The van der Waals surface area contributed by atoms with Crippen molar-refractivity contribution in [2.45, 2.75) is 19.6 Å². The third-order valence-electron chi connectivity index (χ3n) is 4.82. The summed E-state index contributed by atoms with van der Waals surface area (Å²) in [5.74, 6) is -0.0596. The van der Waals surface area contributed by atoms with Crippen molar-refractivity contribution in [1.29, 1.82) is 0 Å². The first-order valence-electron chi connectivity index (χ1n) is 8.81. The van der Waals surface area contributed by atoms with Crippen molar-refractivity contribution < 1.29 is 9.53 Å². The van der Waals surface area contributed by atoms with Crippen molar-refractivity contribution in [2.75, 3.05) is 31.6 Å². The number of hydrogen-bond donors (Lipinski definition) is 2. The Morgan fingerprint density at radius 2 is 1.80 bits per heavy atom. The molecular formula is C20H23N3O2. The SMILES string of the molecule is O=C(Nc1ccc(CN2CCOCC2)cc1)c1ccc2c(c1)CNC2. The van der Waals surface area contributed by atoms with E-state index < -0.39 is 0 Å². The topological polar surface area (TPSA) is 53.6 Å². The fraction of sp³-hybridized carbons (Fsp3) is 0.350. The fourth-order valence-electron chi connectivity index (χ4n) is 3.35. The summed E-state index contributed by atoms with van der Waals surface area (Å²) < 4.78 is 5.38. The third kappa shape index (κ3) is 3.90. The van der Waals surface area contributed by atoms with Crippen LogP contribution in [-0.2, 0) is 24.4 Å². The second-order valence-corrected chi connectivity index (χ2v) is 6.63. The summed E-state index contributed by atoms with van der Waals surface area (Å²) in [4.78, 5) is 14.8. The predicted octanol–water partition coefficient (Wildman–Crippen LogP) is 2.37. The zero-order valence-corrected chi connectivity index (χ0v) is 14.3. The van der Waals surface area contributed by atoms with E-state index in [9.17, 15) is 4.79 Å². The number of morpholine rings is 1. The molecular weight excluding hydrogens is 314 g/mol. The highest BCUT2D eigenvalue weighted by Crippen LogP contribution is 2.19. The maximum absolute atomic E-state index is 12.5. The quantitative estimate of drug-likeness (QED) is 0.899. The molecule has 0 unspecified atom stereocenters. The van der Waals surface area contributed by atoms with E-state index in [1.807, 2.05) is 30.3 Å². The molecule has 0 atom stereocenters. The Kier molecular flexibility index (Phi) is 4.78. The van der Waals surface area contributed by atoms with Crippen LogP contribution in [0.2, 0.25) is 0 Å². The lowest BCUT2D eigenvalue weighted by Gasteiger charge is -2.26. The standard InChI is InChI=1S/C20H23N3O2/c24-20(16-3-4-17-12-21-13-18(17)11-16)22-19-5-1-15(2-6-19)14-23-7-9-25-10-8-23/h1-6,11,21H,7-10,12-14H2,(H,22,24). The number of benzene rings is 2. The van der Waals surface area contributed by atoms with Gasteiger partial charge >= 0.3 is 0 Å². The molecule has 2 aliphatic rings. The van der Waals surface area contributed by atoms with Crippen LogP contribution in [0.5, 0.6) is 0 Å². The van der Waals surface area contributed by atoms with Crippen LogP contribution in [0.3, 0.4) is 0 Å². The molecule has 4 rings (SSSR count). The van der Waals surface area contributed by atoms with E-state index in [2.05, 4.69) is 27.7 Å². The largest absolute Gasteiger partial charge is 0.379 e. The summed E-state index contributed by atoms with van der Waals surface area (Å²) in [7, 11) is 0. The number of amides is 1. The normalized spacial score (nSPS) is 17.3. The van der Waals surface area contributed by atoms with Crippen LogP contribution in [0.15, 0.2) is 42.5 Å². The van der Waals surface area contributed by atoms with Gasteiger partial charge < -0.3 is 15.4 Å². The summed E-state index contributed by atoms with van der Waals surface area (Å²) in [6.07, 6.45) is 0. The van der Waals surface area contributed by atoms with Gasteiger partial charge in [-0.3, -0.25) is 9.69 Å². The van der Waals surface area contributed by atoms with Gasteiger partial charge in [0.2, 0.25) is 0 Å². The Balaban J connectivity index is 1.38. The van der Waals surface area contributed by atoms with Crippen LogP contribution < -0.4 is 10.6 Å². The van der Waals surface area contributed by atoms with Gasteiger partial charge in [0.1, 0.15) is 0 Å². The number of nitrogens with zero attached hydrogens (tertiary/aromatic N) is 1. The monoisotopic (exact) mass is 337 g/mol. The lowest BCUT2D eigenvalue weighted by Crippen LogP contribution is -2.35. The van der Waals surface area contributed by atoms with Crippen molar-refractivity contribution >= 4 is 11.6 Å². The molecule has 5 nitrogen and oxygen atoms in total. The Labute approximate surface area is 148 Å². The average Bonchev–Trinajstić information content (AvgIpc) is 3.12. The smallest absolute Gasteiger partial charge is 0.255 e. The number of hydrogen-bond acceptors (Lipinski definition) is 4. The predicted molar refractivity (Wildman–Crippen MR) is 97.5 cm³/mol. The van der Waals surface area contributed by atoms with Crippen LogP contribution in [0.4, 0.5) is 5.69 Å². The van der Waals surface area contributed by atoms with E-state index >= 15 is 0 Å². The molecule has 1 fully saturated rings. The molecule has 130 valence electrons. The number of nitrogens with one attached hydrogen (secondary N) is 2. The van der Waals surface area contributed by atoms with Crippen molar-refractivity contribution in [3.63, 3.8) is 0 Å². The average molecular weight is 337 g/mol. The van der Waals surface area contributed by atoms with Crippen molar-refractivity contribution in [3.8, 4) is 0 Å². The first kappa shape index (κ1) is 16.3. The Bertz CT molecular complexity index is 752. The lowest BCUT2D eigenvalue weighted by molar-refractivity contribution is 0.0342. The molecule has 0 spiro atoms. The minimum absolute atomic E-state index is 0.0596. The van der Waals surface area contributed by atoms with Crippen LogP contribution >= 0.6 is 0 Å². The number of fused-ring (bicyclic) bond motifs is 1. The van der Waals surface area contributed by atoms with Gasteiger partial charge in [-0.25, -0.2) is 0 Å². The van der Waals surface area contributed by atoms with Crippen LogP contribution in [-0.4, -0.2) is 37.1 Å². The van der Waals surface area contributed by atoms with Crippen molar-refractivity contribution in [2.24, 2.45) is 0 Å². The zero-order chi connectivity index (χ0) is 17.1. The molecule has 0 bridgehead atoms. The number of carbonyl (C=O) groups is 1. The highest BCUT2D eigenvalue weighted by atomic mass is 16.5. The van der Waals surface area contributed by atoms with Gasteiger partial charge in [-0.1, -0.05) is 18.2 Å². The maximum Gasteiger partial charge on any atom is 0.255 e. The number of carbonyl (C=O) groups excluding carboxylic acids is 1. The molecule has 0 aromatic heterocycles. The zero-order valence-electron chi connectivity index (χ0n) is 14.3. The minimum atomic E-state index is -0.0596. The summed E-state index contributed by atoms with van der Waals surface area (Å²) in [5, 5.41) is 6.29. The molecule has 1 amide bonds. The molecule has 5 heteroatoms. The highest BCUT2D eigenvalue weighted by molar-refractivity contribution is 6.04. The van der Waals surface area contributed by atoms with Crippen molar-refractivity contribution in [3.05, 3.63) is 64.7 Å². The van der Waals surface area contributed by atoms with Gasteiger partial charge in [0.25, 0.3) is 5.91 Å². The maximum atomic E-state index is 12.5. The van der Waals surface area contributed by atoms with Gasteiger partial charge in [0.05, 0.1) is 13.2 Å². The Hall–Kier alpha value is -2.21. The highest BCUT2D eigenvalue weighted by Gasteiger charge is 2.14. The van der Waals surface area contributed by atoms with Crippen LogP contribution in [0.25, 0.3) is 0 Å². The second kappa shape index (κ2) is 7.35. The van der Waals surface area contributed by atoms with Gasteiger partial charge in [-0.05, 0) is 41.0 Å². The molecule has 25 heavy (non-hydrogen) atoms. The van der Waals surface area contributed by atoms with E-state index in [0.29, 0.717) is 5.56 Å². The number of anilines is 1. The fourth-order valence-corrected chi connectivity index (χ4v) is 3.35.